The molecule has 0 fully saturated rings. The van der Waals surface area contributed by atoms with E-state index in [1.165, 1.54) is 0 Å². The first-order valence-corrected chi connectivity index (χ1v) is 8.34. The number of carbonyl (C=O) groups excluding carboxylic acids is 1. The Kier molecular flexibility index (Phi) is 6.31. The second kappa shape index (κ2) is 8.24. The summed E-state index contributed by atoms with van der Waals surface area (Å²) < 4.78 is 1.10. The molecule has 1 aromatic heterocycles. The highest BCUT2D eigenvalue weighted by Crippen LogP contribution is 2.29. The predicted molar refractivity (Wildman–Crippen MR) is 104 cm³/mol. The summed E-state index contributed by atoms with van der Waals surface area (Å²) in [6.45, 7) is 1.40. The summed E-state index contributed by atoms with van der Waals surface area (Å²) in [6, 6.07) is 17.4. The molecule has 0 saturated heterocycles. The number of carbonyl (C=O) groups is 1. The molecule has 0 aliphatic heterocycles. The highest BCUT2D eigenvalue weighted by Gasteiger charge is 2.21. The lowest BCUT2D eigenvalue weighted by atomic mass is 10.2. The van der Waals surface area contributed by atoms with E-state index in [-0.39, 0.29) is 18.3 Å². The number of aromatic nitrogens is 1. The van der Waals surface area contributed by atoms with Gasteiger partial charge in [-0.1, -0.05) is 41.7 Å². The van der Waals surface area contributed by atoms with Gasteiger partial charge in [0.05, 0.1) is 10.2 Å². The summed E-state index contributed by atoms with van der Waals surface area (Å²) in [4.78, 5) is 21.4. The van der Waals surface area contributed by atoms with Gasteiger partial charge in [0.1, 0.15) is 0 Å². The number of thiazole rings is 1. The molecule has 0 aliphatic rings. The second-order valence-electron chi connectivity index (χ2n) is 5.59. The van der Waals surface area contributed by atoms with Gasteiger partial charge in [0.2, 0.25) is 0 Å². The number of amides is 1. The minimum absolute atomic E-state index is 0. The first-order chi connectivity index (χ1) is 11.1. The number of para-hydroxylation sites is 1. The fourth-order valence-corrected chi connectivity index (χ4v) is 3.29. The number of likely N-dealkylation sites (N-methyl/N-ethyl adjacent to an activating group) is 1. The van der Waals surface area contributed by atoms with Gasteiger partial charge in [-0.05, 0) is 38.4 Å². The van der Waals surface area contributed by atoms with Gasteiger partial charge in [-0.2, -0.15) is 0 Å². The van der Waals surface area contributed by atoms with Crippen LogP contribution in [0.25, 0.3) is 10.2 Å². The molecule has 0 unspecified atom stereocenters. The van der Waals surface area contributed by atoms with Crippen LogP contribution >= 0.6 is 23.7 Å². The number of nitrogens with zero attached hydrogens (tertiary/aromatic N) is 3. The van der Waals surface area contributed by atoms with Crippen LogP contribution in [0.3, 0.4) is 0 Å². The molecule has 3 rings (SSSR count). The van der Waals surface area contributed by atoms with E-state index in [4.69, 9.17) is 0 Å². The highest BCUT2D eigenvalue weighted by molar-refractivity contribution is 7.22. The van der Waals surface area contributed by atoms with Gasteiger partial charge < -0.3 is 4.90 Å². The third-order valence-electron chi connectivity index (χ3n) is 3.55. The van der Waals surface area contributed by atoms with Gasteiger partial charge in [-0.3, -0.25) is 9.69 Å². The van der Waals surface area contributed by atoms with E-state index < -0.39 is 0 Å². The number of hydrogen-bond donors (Lipinski definition) is 0. The molecule has 4 nitrogen and oxygen atoms in total. The number of benzene rings is 2. The fraction of sp³-hybridized carbons (Fsp3) is 0.222. The van der Waals surface area contributed by atoms with E-state index >= 15 is 0 Å². The van der Waals surface area contributed by atoms with Crippen LogP contribution in [-0.2, 0) is 0 Å². The van der Waals surface area contributed by atoms with Crippen molar-refractivity contribution in [1.82, 2.24) is 9.88 Å². The summed E-state index contributed by atoms with van der Waals surface area (Å²) in [5, 5.41) is 0.752. The zero-order chi connectivity index (χ0) is 16.2. The van der Waals surface area contributed by atoms with Gasteiger partial charge in [-0.15, -0.1) is 12.4 Å². The zero-order valence-electron chi connectivity index (χ0n) is 13.7. The van der Waals surface area contributed by atoms with Crippen molar-refractivity contribution in [2.24, 2.45) is 0 Å². The van der Waals surface area contributed by atoms with Crippen LogP contribution in [0.2, 0.25) is 0 Å². The molecule has 3 aromatic rings. The number of halogens is 1. The average molecular weight is 362 g/mol. The Balaban J connectivity index is 0.00000208. The smallest absolute Gasteiger partial charge is 0.260 e. The quantitative estimate of drug-likeness (QED) is 0.691. The number of rotatable bonds is 5. The van der Waals surface area contributed by atoms with Gasteiger partial charge in [0, 0.05) is 18.7 Å². The van der Waals surface area contributed by atoms with Gasteiger partial charge in [-0.25, -0.2) is 4.98 Å². The van der Waals surface area contributed by atoms with E-state index in [1.807, 2.05) is 68.7 Å². The van der Waals surface area contributed by atoms with Crippen molar-refractivity contribution in [3.8, 4) is 0 Å². The molecule has 0 saturated carbocycles. The van der Waals surface area contributed by atoms with Crippen molar-refractivity contribution < 1.29 is 4.79 Å². The number of fused-ring (bicyclic) bond motifs is 1. The maximum atomic E-state index is 12.9. The molecule has 126 valence electrons. The molecular formula is C18H20ClN3OS. The summed E-state index contributed by atoms with van der Waals surface area (Å²) in [5.41, 5.74) is 1.62. The average Bonchev–Trinajstić information content (AvgIpc) is 2.99. The van der Waals surface area contributed by atoms with Crippen LogP contribution in [0.1, 0.15) is 10.4 Å². The van der Waals surface area contributed by atoms with Gasteiger partial charge in [0.25, 0.3) is 5.91 Å². The lowest BCUT2D eigenvalue weighted by Crippen LogP contribution is -2.36. The van der Waals surface area contributed by atoms with Gasteiger partial charge >= 0.3 is 0 Å². The van der Waals surface area contributed by atoms with E-state index in [1.54, 1.807) is 16.2 Å². The second-order valence-corrected chi connectivity index (χ2v) is 6.60. The fourth-order valence-electron chi connectivity index (χ4n) is 2.30. The standard InChI is InChI=1S/C18H19N3OS.ClH/c1-20(2)12-13-21(17(22)14-8-4-3-5-9-14)18-19-15-10-6-7-11-16(15)23-18;/h3-11H,12-13H2,1-2H3;1H. The van der Waals surface area contributed by atoms with Crippen LogP contribution in [0, 0.1) is 0 Å². The third kappa shape index (κ3) is 4.12. The molecule has 0 radical (unpaired) electrons. The largest absolute Gasteiger partial charge is 0.308 e. The van der Waals surface area contributed by atoms with Crippen LogP contribution in [-0.4, -0.2) is 43.0 Å². The Labute approximate surface area is 152 Å². The predicted octanol–water partition coefficient (Wildman–Crippen LogP) is 3.93. The molecule has 6 heteroatoms. The molecule has 0 bridgehead atoms. The maximum Gasteiger partial charge on any atom is 0.260 e. The van der Waals surface area contributed by atoms with E-state index in [2.05, 4.69) is 9.88 Å². The molecule has 24 heavy (non-hydrogen) atoms. The minimum atomic E-state index is -0.00786. The van der Waals surface area contributed by atoms with Crippen molar-refractivity contribution in [1.29, 1.82) is 0 Å². The molecule has 0 atom stereocenters. The molecule has 0 aliphatic carbocycles. The van der Waals surface area contributed by atoms with Crippen LogP contribution in [0.5, 0.6) is 0 Å². The number of hydrogen-bond acceptors (Lipinski definition) is 4. The topological polar surface area (TPSA) is 36.4 Å². The van der Waals surface area contributed by atoms with Crippen molar-refractivity contribution in [3.63, 3.8) is 0 Å². The Morgan fingerprint density at radius 3 is 2.33 bits per heavy atom. The van der Waals surface area contributed by atoms with Crippen molar-refractivity contribution in [2.45, 2.75) is 0 Å². The molecular weight excluding hydrogens is 342 g/mol. The van der Waals surface area contributed by atoms with E-state index in [0.29, 0.717) is 12.1 Å². The summed E-state index contributed by atoms with van der Waals surface area (Å²) >= 11 is 1.56. The summed E-state index contributed by atoms with van der Waals surface area (Å²) in [5.74, 6) is -0.00786. The van der Waals surface area contributed by atoms with Crippen LogP contribution < -0.4 is 4.90 Å². The maximum absolute atomic E-state index is 12.9. The summed E-state index contributed by atoms with van der Waals surface area (Å²) in [7, 11) is 4.01. The first-order valence-electron chi connectivity index (χ1n) is 7.52. The van der Waals surface area contributed by atoms with Gasteiger partial charge in [0.15, 0.2) is 5.13 Å². The summed E-state index contributed by atoms with van der Waals surface area (Å²) in [6.07, 6.45) is 0. The van der Waals surface area contributed by atoms with E-state index in [9.17, 15) is 4.79 Å². The van der Waals surface area contributed by atoms with Crippen LogP contribution in [0.15, 0.2) is 54.6 Å². The molecule has 0 spiro atoms. The van der Waals surface area contributed by atoms with Crippen molar-refractivity contribution in [2.75, 3.05) is 32.1 Å². The lowest BCUT2D eigenvalue weighted by Gasteiger charge is -2.22. The zero-order valence-corrected chi connectivity index (χ0v) is 15.3. The molecule has 2 aromatic carbocycles. The Hall–Kier alpha value is -1.95. The Bertz CT molecular complexity index is 771. The Morgan fingerprint density at radius 1 is 1.00 bits per heavy atom. The minimum Gasteiger partial charge on any atom is -0.308 e. The van der Waals surface area contributed by atoms with Crippen molar-refractivity contribution in [3.05, 3.63) is 60.2 Å². The number of anilines is 1. The highest BCUT2D eigenvalue weighted by atomic mass is 35.5. The molecule has 1 amide bonds. The molecule has 0 N–H and O–H groups in total. The molecule has 1 heterocycles. The normalized spacial score (nSPS) is 10.6. The first kappa shape index (κ1) is 18.4. The van der Waals surface area contributed by atoms with E-state index in [0.717, 1.165) is 21.9 Å². The monoisotopic (exact) mass is 361 g/mol. The van der Waals surface area contributed by atoms with Crippen LogP contribution in [0.4, 0.5) is 5.13 Å². The SMILES string of the molecule is CN(C)CCN(C(=O)c1ccccc1)c1nc2ccccc2s1.Cl. The Morgan fingerprint density at radius 2 is 1.67 bits per heavy atom. The third-order valence-corrected chi connectivity index (χ3v) is 4.61. The lowest BCUT2D eigenvalue weighted by molar-refractivity contribution is 0.0985. The van der Waals surface area contributed by atoms with Crippen molar-refractivity contribution >= 4 is 45.0 Å².